The molecule has 0 spiro atoms. The Hall–Kier alpha value is -2.72. The lowest BCUT2D eigenvalue weighted by Gasteiger charge is -2.16. The number of hydrogen-bond acceptors (Lipinski definition) is 2. The normalized spacial score (nSPS) is 12.1. The van der Waals surface area contributed by atoms with Gasteiger partial charge in [-0.3, -0.25) is 4.79 Å². The molecule has 0 radical (unpaired) electrons. The number of carbonyl (C=O) groups is 1. The standard InChI is InChI=1S/C21H21FN2O/c1-14-10-11-17(12-20(14)22)24-21(25)13-23-15(2)18-9-5-7-16-6-3-4-8-19(16)18/h3-12,15,23H,13H2,1-2H3,(H,24,25)/t15-/m1/s1. The number of benzene rings is 3. The maximum atomic E-state index is 13.5. The fraction of sp³-hybridized carbons (Fsp3) is 0.190. The van der Waals surface area contributed by atoms with E-state index < -0.39 is 0 Å². The van der Waals surface area contributed by atoms with Gasteiger partial charge in [-0.15, -0.1) is 0 Å². The maximum absolute atomic E-state index is 13.5. The quantitative estimate of drug-likeness (QED) is 0.716. The number of rotatable bonds is 5. The van der Waals surface area contributed by atoms with Crippen LogP contribution >= 0.6 is 0 Å². The third kappa shape index (κ3) is 4.03. The molecule has 128 valence electrons. The molecule has 2 N–H and O–H groups in total. The first-order chi connectivity index (χ1) is 12.0. The molecule has 0 bridgehead atoms. The van der Waals surface area contributed by atoms with Crippen molar-refractivity contribution in [3.63, 3.8) is 0 Å². The summed E-state index contributed by atoms with van der Waals surface area (Å²) in [5.41, 5.74) is 2.17. The van der Waals surface area contributed by atoms with Crippen LogP contribution in [0.3, 0.4) is 0 Å². The molecule has 1 amide bonds. The summed E-state index contributed by atoms with van der Waals surface area (Å²) in [7, 11) is 0. The topological polar surface area (TPSA) is 41.1 Å². The van der Waals surface area contributed by atoms with Gasteiger partial charge in [0.15, 0.2) is 0 Å². The van der Waals surface area contributed by atoms with Crippen molar-refractivity contribution in [1.29, 1.82) is 0 Å². The molecule has 3 rings (SSSR count). The van der Waals surface area contributed by atoms with Gasteiger partial charge in [0.05, 0.1) is 6.54 Å². The first kappa shape index (κ1) is 17.1. The maximum Gasteiger partial charge on any atom is 0.238 e. The van der Waals surface area contributed by atoms with Gasteiger partial charge in [0, 0.05) is 11.7 Å². The third-order valence-electron chi connectivity index (χ3n) is 4.31. The van der Waals surface area contributed by atoms with Crippen LogP contribution < -0.4 is 10.6 Å². The molecule has 3 aromatic rings. The minimum atomic E-state index is -0.324. The van der Waals surface area contributed by atoms with Crippen molar-refractivity contribution in [3.8, 4) is 0 Å². The molecular weight excluding hydrogens is 315 g/mol. The molecule has 0 aliphatic rings. The molecule has 0 fully saturated rings. The van der Waals surface area contributed by atoms with E-state index in [-0.39, 0.29) is 24.3 Å². The van der Waals surface area contributed by atoms with Crippen LogP contribution in [-0.4, -0.2) is 12.5 Å². The molecule has 0 unspecified atom stereocenters. The SMILES string of the molecule is Cc1ccc(NC(=O)CN[C@H](C)c2cccc3ccccc23)cc1F. The Kier molecular flexibility index (Phi) is 5.10. The number of amides is 1. The van der Waals surface area contributed by atoms with Crippen molar-refractivity contribution >= 4 is 22.4 Å². The lowest BCUT2D eigenvalue weighted by Crippen LogP contribution is -2.30. The van der Waals surface area contributed by atoms with E-state index in [0.29, 0.717) is 11.3 Å². The number of anilines is 1. The molecular formula is C21H21FN2O. The summed E-state index contributed by atoms with van der Waals surface area (Å²) in [6, 6.07) is 19.0. The molecule has 3 nitrogen and oxygen atoms in total. The van der Waals surface area contributed by atoms with Gasteiger partial charge in [-0.05, 0) is 47.9 Å². The van der Waals surface area contributed by atoms with Gasteiger partial charge in [-0.25, -0.2) is 4.39 Å². The number of nitrogens with one attached hydrogen (secondary N) is 2. The highest BCUT2D eigenvalue weighted by atomic mass is 19.1. The summed E-state index contributed by atoms with van der Waals surface area (Å²) in [5, 5.41) is 8.29. The van der Waals surface area contributed by atoms with E-state index in [1.54, 1.807) is 19.1 Å². The average Bonchev–Trinajstić information content (AvgIpc) is 2.62. The lowest BCUT2D eigenvalue weighted by atomic mass is 10.00. The Bertz CT molecular complexity index is 902. The summed E-state index contributed by atoms with van der Waals surface area (Å²) in [6.45, 7) is 3.87. The zero-order valence-electron chi connectivity index (χ0n) is 14.3. The minimum absolute atomic E-state index is 0.0200. The predicted octanol–water partition coefficient (Wildman–Crippen LogP) is 4.58. The molecule has 0 aromatic heterocycles. The van der Waals surface area contributed by atoms with Gasteiger partial charge in [0.25, 0.3) is 0 Å². The summed E-state index contributed by atoms with van der Waals surface area (Å²) in [5.74, 6) is -0.523. The number of carbonyl (C=O) groups excluding carboxylic acids is 1. The summed E-state index contributed by atoms with van der Waals surface area (Å²) >= 11 is 0. The summed E-state index contributed by atoms with van der Waals surface area (Å²) in [6.07, 6.45) is 0. The number of aryl methyl sites for hydroxylation is 1. The fourth-order valence-electron chi connectivity index (χ4n) is 2.86. The van der Waals surface area contributed by atoms with Crippen molar-refractivity contribution in [1.82, 2.24) is 5.32 Å². The molecule has 0 aliphatic carbocycles. The first-order valence-electron chi connectivity index (χ1n) is 8.31. The van der Waals surface area contributed by atoms with E-state index in [9.17, 15) is 9.18 Å². The van der Waals surface area contributed by atoms with Crippen molar-refractivity contribution in [2.75, 3.05) is 11.9 Å². The van der Waals surface area contributed by atoms with Crippen LogP contribution in [0.15, 0.2) is 60.7 Å². The highest BCUT2D eigenvalue weighted by Gasteiger charge is 2.11. The van der Waals surface area contributed by atoms with E-state index in [1.807, 2.05) is 25.1 Å². The number of fused-ring (bicyclic) bond motifs is 1. The Labute approximate surface area is 146 Å². The number of halogens is 1. The summed E-state index contributed by atoms with van der Waals surface area (Å²) in [4.78, 5) is 12.1. The number of hydrogen-bond donors (Lipinski definition) is 2. The first-order valence-corrected chi connectivity index (χ1v) is 8.31. The Balaban J connectivity index is 1.64. The van der Waals surface area contributed by atoms with Crippen LogP contribution in [0.4, 0.5) is 10.1 Å². The predicted molar refractivity (Wildman–Crippen MR) is 100 cm³/mol. The van der Waals surface area contributed by atoms with E-state index in [4.69, 9.17) is 0 Å². The monoisotopic (exact) mass is 336 g/mol. The Morgan fingerprint density at radius 1 is 1.08 bits per heavy atom. The van der Waals surface area contributed by atoms with E-state index >= 15 is 0 Å². The molecule has 0 aliphatic heterocycles. The highest BCUT2D eigenvalue weighted by Crippen LogP contribution is 2.23. The van der Waals surface area contributed by atoms with Crippen LogP contribution in [0.25, 0.3) is 10.8 Å². The second-order valence-electron chi connectivity index (χ2n) is 6.18. The zero-order valence-corrected chi connectivity index (χ0v) is 14.3. The van der Waals surface area contributed by atoms with E-state index in [1.165, 1.54) is 16.8 Å². The highest BCUT2D eigenvalue weighted by molar-refractivity contribution is 5.92. The largest absolute Gasteiger partial charge is 0.325 e. The zero-order chi connectivity index (χ0) is 17.8. The summed E-state index contributed by atoms with van der Waals surface area (Å²) < 4.78 is 13.5. The molecule has 0 saturated heterocycles. The smallest absolute Gasteiger partial charge is 0.238 e. The second-order valence-corrected chi connectivity index (χ2v) is 6.18. The third-order valence-corrected chi connectivity index (χ3v) is 4.31. The molecule has 4 heteroatoms. The van der Waals surface area contributed by atoms with Crippen molar-refractivity contribution < 1.29 is 9.18 Å². The average molecular weight is 336 g/mol. The molecule has 3 aromatic carbocycles. The van der Waals surface area contributed by atoms with Gasteiger partial charge >= 0.3 is 0 Å². The lowest BCUT2D eigenvalue weighted by molar-refractivity contribution is -0.115. The molecule has 25 heavy (non-hydrogen) atoms. The van der Waals surface area contributed by atoms with Crippen LogP contribution in [0.2, 0.25) is 0 Å². The van der Waals surface area contributed by atoms with Crippen LogP contribution in [-0.2, 0) is 4.79 Å². The van der Waals surface area contributed by atoms with Crippen molar-refractivity contribution in [3.05, 3.63) is 77.6 Å². The second kappa shape index (κ2) is 7.45. The van der Waals surface area contributed by atoms with E-state index in [0.717, 1.165) is 5.56 Å². The van der Waals surface area contributed by atoms with E-state index in [2.05, 4.69) is 34.9 Å². The van der Waals surface area contributed by atoms with Gasteiger partial charge in [0.1, 0.15) is 5.82 Å². The van der Waals surface area contributed by atoms with Crippen molar-refractivity contribution in [2.45, 2.75) is 19.9 Å². The fourth-order valence-corrected chi connectivity index (χ4v) is 2.86. The minimum Gasteiger partial charge on any atom is -0.325 e. The van der Waals surface area contributed by atoms with Crippen LogP contribution in [0.1, 0.15) is 24.1 Å². The van der Waals surface area contributed by atoms with Gasteiger partial charge < -0.3 is 10.6 Å². The van der Waals surface area contributed by atoms with Crippen molar-refractivity contribution in [2.24, 2.45) is 0 Å². The van der Waals surface area contributed by atoms with Crippen LogP contribution in [0.5, 0.6) is 0 Å². The molecule has 0 heterocycles. The van der Waals surface area contributed by atoms with Gasteiger partial charge in [-0.2, -0.15) is 0 Å². The Morgan fingerprint density at radius 2 is 1.84 bits per heavy atom. The Morgan fingerprint density at radius 3 is 2.64 bits per heavy atom. The molecule has 0 saturated carbocycles. The van der Waals surface area contributed by atoms with Gasteiger partial charge in [-0.1, -0.05) is 48.5 Å². The van der Waals surface area contributed by atoms with Gasteiger partial charge in [0.2, 0.25) is 5.91 Å². The van der Waals surface area contributed by atoms with Crippen LogP contribution in [0, 0.1) is 12.7 Å². The molecule has 1 atom stereocenters.